The number of benzene rings is 2. The normalized spacial score (nSPS) is 11.2. The second kappa shape index (κ2) is 7.78. The van der Waals surface area contributed by atoms with E-state index < -0.39 is 28.8 Å². The maximum absolute atomic E-state index is 13.4. The molecule has 1 aromatic heterocycles. The third-order valence-corrected chi connectivity index (χ3v) is 4.11. The molecule has 0 saturated carbocycles. The number of halogens is 3. The van der Waals surface area contributed by atoms with Gasteiger partial charge in [-0.05, 0) is 43.3 Å². The van der Waals surface area contributed by atoms with Gasteiger partial charge in [0.1, 0.15) is 5.75 Å². The minimum absolute atomic E-state index is 0.160. The predicted octanol–water partition coefficient (Wildman–Crippen LogP) is 3.82. The van der Waals surface area contributed by atoms with Crippen molar-refractivity contribution in [3.63, 3.8) is 0 Å². The lowest BCUT2D eigenvalue weighted by Crippen LogP contribution is -2.27. The van der Waals surface area contributed by atoms with Crippen molar-refractivity contribution >= 4 is 11.6 Å². The largest absolute Gasteiger partial charge is 0.497 e. The molecule has 0 atom stereocenters. The first kappa shape index (κ1) is 20.1. The molecule has 150 valence electrons. The van der Waals surface area contributed by atoms with Gasteiger partial charge in [-0.1, -0.05) is 12.1 Å². The van der Waals surface area contributed by atoms with Crippen LogP contribution in [0.2, 0.25) is 0 Å². The van der Waals surface area contributed by atoms with Crippen molar-refractivity contribution in [2.75, 3.05) is 12.4 Å². The molecule has 0 unspecified atom stereocenters. The number of nitrogens with one attached hydrogen (secondary N) is 1. The van der Waals surface area contributed by atoms with E-state index in [1.54, 1.807) is 24.3 Å². The number of alkyl halides is 3. The maximum atomic E-state index is 13.4. The SMILES string of the molecule is COc1ccc(NC(=O)c2nn(-c3ccccc3C(F)(F)F)c(C)cc2=O)cc1. The van der Waals surface area contributed by atoms with Crippen molar-refractivity contribution in [3.8, 4) is 11.4 Å². The molecule has 9 heteroatoms. The average Bonchev–Trinajstić information content (AvgIpc) is 2.68. The molecule has 0 aliphatic heterocycles. The number of methoxy groups -OCH3 is 1. The Morgan fingerprint density at radius 2 is 1.76 bits per heavy atom. The van der Waals surface area contributed by atoms with Gasteiger partial charge in [0.15, 0.2) is 5.69 Å². The highest BCUT2D eigenvalue weighted by molar-refractivity contribution is 6.02. The Balaban J connectivity index is 2.02. The van der Waals surface area contributed by atoms with Gasteiger partial charge < -0.3 is 10.1 Å². The number of carbonyl (C=O) groups is 1. The number of hydrogen-bond donors (Lipinski definition) is 1. The molecule has 6 nitrogen and oxygen atoms in total. The molecule has 0 radical (unpaired) electrons. The summed E-state index contributed by atoms with van der Waals surface area (Å²) in [4.78, 5) is 24.8. The predicted molar refractivity (Wildman–Crippen MR) is 101 cm³/mol. The van der Waals surface area contributed by atoms with Gasteiger partial charge in [-0.25, -0.2) is 4.68 Å². The summed E-state index contributed by atoms with van der Waals surface area (Å²) in [5.74, 6) is -0.263. The smallest absolute Gasteiger partial charge is 0.418 e. The Kier molecular flexibility index (Phi) is 5.40. The monoisotopic (exact) mass is 403 g/mol. The molecule has 2 aromatic carbocycles. The molecule has 1 heterocycles. The summed E-state index contributed by atoms with van der Waals surface area (Å²) in [5.41, 5.74) is -1.90. The summed E-state index contributed by atoms with van der Waals surface area (Å²) in [5, 5.41) is 6.41. The second-order valence-corrected chi connectivity index (χ2v) is 6.11. The number of ether oxygens (including phenoxy) is 1. The van der Waals surface area contributed by atoms with Gasteiger partial charge >= 0.3 is 6.18 Å². The van der Waals surface area contributed by atoms with E-state index in [0.717, 1.165) is 16.8 Å². The number of carbonyl (C=O) groups excluding carboxylic acids is 1. The fourth-order valence-electron chi connectivity index (χ4n) is 2.71. The summed E-state index contributed by atoms with van der Waals surface area (Å²) in [6, 6.07) is 12.2. The Morgan fingerprint density at radius 3 is 2.38 bits per heavy atom. The van der Waals surface area contributed by atoms with Crippen LogP contribution in [0.5, 0.6) is 5.75 Å². The molecule has 1 N–H and O–H groups in total. The number of nitrogens with zero attached hydrogens (tertiary/aromatic N) is 2. The zero-order valence-corrected chi connectivity index (χ0v) is 15.4. The van der Waals surface area contributed by atoms with Crippen LogP contribution in [0.1, 0.15) is 21.7 Å². The van der Waals surface area contributed by atoms with Crippen LogP contribution < -0.4 is 15.5 Å². The van der Waals surface area contributed by atoms with E-state index in [4.69, 9.17) is 4.74 Å². The van der Waals surface area contributed by atoms with Crippen LogP contribution in [0.4, 0.5) is 18.9 Å². The van der Waals surface area contributed by atoms with Crippen molar-refractivity contribution in [2.24, 2.45) is 0 Å². The topological polar surface area (TPSA) is 73.2 Å². The van der Waals surface area contributed by atoms with E-state index in [1.807, 2.05) is 0 Å². The number of rotatable bonds is 4. The maximum Gasteiger partial charge on any atom is 0.418 e. The van der Waals surface area contributed by atoms with Gasteiger partial charge in [0, 0.05) is 17.4 Å². The van der Waals surface area contributed by atoms with E-state index in [2.05, 4.69) is 10.4 Å². The highest BCUT2D eigenvalue weighted by atomic mass is 19.4. The van der Waals surface area contributed by atoms with E-state index in [9.17, 15) is 22.8 Å². The van der Waals surface area contributed by atoms with Crippen molar-refractivity contribution in [3.05, 3.63) is 81.8 Å². The lowest BCUT2D eigenvalue weighted by molar-refractivity contribution is -0.137. The van der Waals surface area contributed by atoms with Crippen molar-refractivity contribution < 1.29 is 22.7 Å². The second-order valence-electron chi connectivity index (χ2n) is 6.11. The molecule has 0 saturated heterocycles. The molecule has 3 rings (SSSR count). The van der Waals surface area contributed by atoms with Gasteiger partial charge in [-0.15, -0.1) is 0 Å². The summed E-state index contributed by atoms with van der Waals surface area (Å²) >= 11 is 0. The van der Waals surface area contributed by atoms with Gasteiger partial charge in [0.2, 0.25) is 5.43 Å². The van der Waals surface area contributed by atoms with Crippen LogP contribution in [-0.4, -0.2) is 22.8 Å². The molecule has 0 fully saturated rings. The summed E-state index contributed by atoms with van der Waals surface area (Å²) in [6.45, 7) is 1.44. The quantitative estimate of drug-likeness (QED) is 0.719. The number of hydrogen-bond acceptors (Lipinski definition) is 4. The summed E-state index contributed by atoms with van der Waals surface area (Å²) in [7, 11) is 1.49. The number of aryl methyl sites for hydroxylation is 1. The third kappa shape index (κ3) is 4.29. The molecular formula is C20H16F3N3O3. The summed E-state index contributed by atoms with van der Waals surface area (Å²) in [6.07, 6.45) is -4.63. The van der Waals surface area contributed by atoms with Gasteiger partial charge in [-0.3, -0.25) is 9.59 Å². The Hall–Kier alpha value is -3.62. The number of para-hydroxylation sites is 1. The Morgan fingerprint density at radius 1 is 1.10 bits per heavy atom. The van der Waals surface area contributed by atoms with Crippen molar-refractivity contribution in [1.29, 1.82) is 0 Å². The average molecular weight is 403 g/mol. The van der Waals surface area contributed by atoms with Crippen LogP contribution in [0.25, 0.3) is 5.69 Å². The fourth-order valence-corrected chi connectivity index (χ4v) is 2.71. The molecule has 0 aliphatic carbocycles. The molecular weight excluding hydrogens is 387 g/mol. The minimum atomic E-state index is -4.63. The number of amides is 1. The van der Waals surface area contributed by atoms with Crippen molar-refractivity contribution in [1.82, 2.24) is 9.78 Å². The highest BCUT2D eigenvalue weighted by Crippen LogP contribution is 2.33. The minimum Gasteiger partial charge on any atom is -0.497 e. The lowest BCUT2D eigenvalue weighted by Gasteiger charge is -2.16. The highest BCUT2D eigenvalue weighted by Gasteiger charge is 2.34. The Bertz CT molecular complexity index is 1110. The van der Waals surface area contributed by atoms with E-state index >= 15 is 0 Å². The fraction of sp³-hybridized carbons (Fsp3) is 0.150. The van der Waals surface area contributed by atoms with E-state index in [1.165, 1.54) is 32.2 Å². The zero-order chi connectivity index (χ0) is 21.2. The van der Waals surface area contributed by atoms with E-state index in [-0.39, 0.29) is 11.4 Å². The van der Waals surface area contributed by atoms with Crippen LogP contribution in [-0.2, 0) is 6.18 Å². The van der Waals surface area contributed by atoms with Crippen LogP contribution in [0, 0.1) is 6.92 Å². The van der Waals surface area contributed by atoms with Gasteiger partial charge in [0.05, 0.1) is 18.4 Å². The molecule has 0 spiro atoms. The summed E-state index contributed by atoms with van der Waals surface area (Å²) < 4.78 is 46.0. The van der Waals surface area contributed by atoms with Gasteiger partial charge in [0.25, 0.3) is 5.91 Å². The first-order valence-corrected chi connectivity index (χ1v) is 8.43. The van der Waals surface area contributed by atoms with E-state index in [0.29, 0.717) is 11.4 Å². The molecule has 0 aliphatic rings. The van der Waals surface area contributed by atoms with Crippen molar-refractivity contribution in [2.45, 2.75) is 13.1 Å². The first-order chi connectivity index (χ1) is 13.7. The van der Waals surface area contributed by atoms with Gasteiger partial charge in [-0.2, -0.15) is 18.3 Å². The van der Waals surface area contributed by atoms with Crippen LogP contribution in [0.3, 0.4) is 0 Å². The zero-order valence-electron chi connectivity index (χ0n) is 15.4. The van der Waals surface area contributed by atoms with Crippen LogP contribution in [0.15, 0.2) is 59.4 Å². The third-order valence-electron chi connectivity index (χ3n) is 4.11. The molecule has 1 amide bonds. The van der Waals surface area contributed by atoms with Crippen LogP contribution >= 0.6 is 0 Å². The molecule has 3 aromatic rings. The first-order valence-electron chi connectivity index (χ1n) is 8.43. The molecule has 29 heavy (non-hydrogen) atoms. The standard InChI is InChI=1S/C20H16F3N3O3/c1-12-11-17(27)18(19(28)24-13-7-9-14(29-2)10-8-13)25-26(12)16-6-4-3-5-15(16)20(21,22)23/h3-11H,1-2H3,(H,24,28). The molecule has 0 bridgehead atoms. The number of anilines is 1. The lowest BCUT2D eigenvalue weighted by atomic mass is 10.1. The number of aromatic nitrogens is 2. The Labute approximate surface area is 163 Å².